The molecule has 0 saturated heterocycles. The molecular weight excluding hydrogens is 256 g/mol. The zero-order valence-corrected chi connectivity index (χ0v) is 14.2. The maximum absolute atomic E-state index is 5.83. The third-order valence-electron chi connectivity index (χ3n) is 4.55. The summed E-state index contributed by atoms with van der Waals surface area (Å²) in [6.07, 6.45) is 3.66. The van der Waals surface area contributed by atoms with Crippen molar-refractivity contribution in [1.29, 1.82) is 0 Å². The van der Waals surface area contributed by atoms with Crippen molar-refractivity contribution < 1.29 is 0 Å². The molecule has 0 amide bonds. The molecule has 1 aromatic rings. The van der Waals surface area contributed by atoms with E-state index in [1.54, 1.807) is 0 Å². The first-order valence-corrected chi connectivity index (χ1v) is 8.58. The zero-order chi connectivity index (χ0) is 15.4. The minimum absolute atomic E-state index is 0.619. The number of fused-ring (bicyclic) bond motifs is 1. The lowest BCUT2D eigenvalue weighted by molar-refractivity contribution is 0.397. The second kappa shape index (κ2) is 7.31. The minimum Gasteiger partial charge on any atom is -0.368 e. The Morgan fingerprint density at radius 3 is 2.29 bits per heavy atom. The van der Waals surface area contributed by atoms with E-state index in [9.17, 15) is 0 Å². The van der Waals surface area contributed by atoms with Crippen LogP contribution in [0.15, 0.2) is 24.3 Å². The lowest BCUT2D eigenvalue weighted by Crippen LogP contribution is -2.36. The number of hydrogen-bond acceptors (Lipinski definition) is 2. The highest BCUT2D eigenvalue weighted by atomic mass is 15.2. The molecule has 0 saturated carbocycles. The Labute approximate surface area is 130 Å². The first kappa shape index (κ1) is 16.4. The van der Waals surface area contributed by atoms with Crippen molar-refractivity contribution in [3.63, 3.8) is 0 Å². The van der Waals surface area contributed by atoms with E-state index in [1.807, 2.05) is 0 Å². The SMILES string of the molecule is CC(C)CC(CC(C)C)N1CC(CCN)c2ccccc21. The summed E-state index contributed by atoms with van der Waals surface area (Å²) >= 11 is 0. The van der Waals surface area contributed by atoms with Gasteiger partial charge in [-0.05, 0) is 49.3 Å². The van der Waals surface area contributed by atoms with Crippen LogP contribution in [0.5, 0.6) is 0 Å². The van der Waals surface area contributed by atoms with Gasteiger partial charge in [0.15, 0.2) is 0 Å². The predicted molar refractivity (Wildman–Crippen MR) is 92.9 cm³/mol. The third-order valence-corrected chi connectivity index (χ3v) is 4.55. The van der Waals surface area contributed by atoms with E-state index >= 15 is 0 Å². The Morgan fingerprint density at radius 1 is 1.10 bits per heavy atom. The minimum atomic E-state index is 0.619. The van der Waals surface area contributed by atoms with Gasteiger partial charge in [0, 0.05) is 24.2 Å². The molecule has 21 heavy (non-hydrogen) atoms. The summed E-state index contributed by atoms with van der Waals surface area (Å²) in [5.74, 6) is 2.11. The summed E-state index contributed by atoms with van der Waals surface area (Å²) < 4.78 is 0. The second-order valence-electron chi connectivity index (χ2n) is 7.40. The molecule has 2 nitrogen and oxygen atoms in total. The molecule has 0 bridgehead atoms. The van der Waals surface area contributed by atoms with Crippen LogP contribution in [0.2, 0.25) is 0 Å². The first-order chi connectivity index (χ1) is 10.0. The number of rotatable bonds is 7. The number of para-hydroxylation sites is 1. The van der Waals surface area contributed by atoms with E-state index < -0.39 is 0 Å². The van der Waals surface area contributed by atoms with Gasteiger partial charge in [0.05, 0.1) is 0 Å². The van der Waals surface area contributed by atoms with E-state index in [1.165, 1.54) is 24.1 Å². The molecular formula is C19H32N2. The highest BCUT2D eigenvalue weighted by Gasteiger charge is 2.32. The molecule has 0 aromatic heterocycles. The molecule has 1 aromatic carbocycles. The number of hydrogen-bond donors (Lipinski definition) is 1. The van der Waals surface area contributed by atoms with E-state index in [4.69, 9.17) is 5.73 Å². The maximum Gasteiger partial charge on any atom is 0.0405 e. The van der Waals surface area contributed by atoms with Crippen LogP contribution in [0.4, 0.5) is 5.69 Å². The summed E-state index contributed by atoms with van der Waals surface area (Å²) in [4.78, 5) is 2.68. The fraction of sp³-hybridized carbons (Fsp3) is 0.684. The molecule has 1 aliphatic rings. The van der Waals surface area contributed by atoms with Gasteiger partial charge in [0.1, 0.15) is 0 Å². The van der Waals surface area contributed by atoms with E-state index in [-0.39, 0.29) is 0 Å². The molecule has 1 heterocycles. The highest BCUT2D eigenvalue weighted by molar-refractivity contribution is 5.61. The first-order valence-electron chi connectivity index (χ1n) is 8.58. The van der Waals surface area contributed by atoms with Gasteiger partial charge in [-0.15, -0.1) is 0 Å². The Balaban J connectivity index is 2.24. The molecule has 1 aliphatic heterocycles. The van der Waals surface area contributed by atoms with Crippen LogP contribution in [0.1, 0.15) is 58.4 Å². The van der Waals surface area contributed by atoms with Gasteiger partial charge in [0.25, 0.3) is 0 Å². The van der Waals surface area contributed by atoms with Crippen molar-refractivity contribution in [3.05, 3.63) is 29.8 Å². The molecule has 118 valence electrons. The van der Waals surface area contributed by atoms with Gasteiger partial charge in [0.2, 0.25) is 0 Å². The van der Waals surface area contributed by atoms with Crippen molar-refractivity contribution in [3.8, 4) is 0 Å². The molecule has 1 atom stereocenters. The smallest absolute Gasteiger partial charge is 0.0405 e. The van der Waals surface area contributed by atoms with E-state index in [2.05, 4.69) is 56.9 Å². The molecule has 2 heteroatoms. The Morgan fingerprint density at radius 2 is 1.71 bits per heavy atom. The summed E-state index contributed by atoms with van der Waals surface area (Å²) in [7, 11) is 0. The van der Waals surface area contributed by atoms with Crippen molar-refractivity contribution in [2.75, 3.05) is 18.0 Å². The fourth-order valence-electron chi connectivity index (χ4n) is 3.76. The second-order valence-corrected chi connectivity index (χ2v) is 7.40. The van der Waals surface area contributed by atoms with Crippen molar-refractivity contribution in [2.45, 2.75) is 58.9 Å². The average molecular weight is 288 g/mol. The molecule has 2 rings (SSSR count). The van der Waals surface area contributed by atoms with Gasteiger partial charge in [-0.2, -0.15) is 0 Å². The topological polar surface area (TPSA) is 29.3 Å². The Bertz CT molecular complexity index is 429. The van der Waals surface area contributed by atoms with Crippen LogP contribution in [-0.2, 0) is 0 Å². The van der Waals surface area contributed by atoms with Crippen LogP contribution in [0.3, 0.4) is 0 Å². The zero-order valence-electron chi connectivity index (χ0n) is 14.2. The lowest BCUT2D eigenvalue weighted by atomic mass is 9.94. The van der Waals surface area contributed by atoms with Crippen molar-refractivity contribution in [1.82, 2.24) is 0 Å². The van der Waals surface area contributed by atoms with E-state index in [0.29, 0.717) is 12.0 Å². The Hall–Kier alpha value is -1.02. The van der Waals surface area contributed by atoms with Gasteiger partial charge in [-0.1, -0.05) is 45.9 Å². The quantitative estimate of drug-likeness (QED) is 0.805. The summed E-state index contributed by atoms with van der Waals surface area (Å²) in [6, 6.07) is 9.62. The Kier molecular flexibility index (Phi) is 5.69. The summed E-state index contributed by atoms with van der Waals surface area (Å²) in [6.45, 7) is 11.3. The van der Waals surface area contributed by atoms with Crippen LogP contribution >= 0.6 is 0 Å². The fourth-order valence-corrected chi connectivity index (χ4v) is 3.76. The largest absolute Gasteiger partial charge is 0.368 e. The normalized spacial score (nSPS) is 18.1. The molecule has 2 N–H and O–H groups in total. The van der Waals surface area contributed by atoms with Crippen LogP contribution in [-0.4, -0.2) is 19.1 Å². The van der Waals surface area contributed by atoms with Gasteiger partial charge in [-0.3, -0.25) is 0 Å². The molecule has 0 fully saturated rings. The average Bonchev–Trinajstić information content (AvgIpc) is 2.77. The van der Waals surface area contributed by atoms with Crippen LogP contribution in [0, 0.1) is 11.8 Å². The summed E-state index contributed by atoms with van der Waals surface area (Å²) in [5.41, 5.74) is 8.80. The van der Waals surface area contributed by atoms with Crippen LogP contribution in [0.25, 0.3) is 0 Å². The number of benzene rings is 1. The van der Waals surface area contributed by atoms with Crippen molar-refractivity contribution >= 4 is 5.69 Å². The number of nitrogens with two attached hydrogens (primary N) is 1. The van der Waals surface area contributed by atoms with Gasteiger partial charge >= 0.3 is 0 Å². The van der Waals surface area contributed by atoms with E-state index in [0.717, 1.165) is 31.3 Å². The predicted octanol–water partition coefficient (Wildman–Crippen LogP) is 4.40. The standard InChI is InChI=1S/C19H32N2/c1-14(2)11-17(12-15(3)4)21-13-16(9-10-20)18-7-5-6-8-19(18)21/h5-8,14-17H,9-13,20H2,1-4H3. The molecule has 1 unspecified atom stereocenters. The molecule has 0 aliphatic carbocycles. The summed E-state index contributed by atoms with van der Waals surface area (Å²) in [5, 5.41) is 0. The molecule has 0 spiro atoms. The number of anilines is 1. The highest BCUT2D eigenvalue weighted by Crippen LogP contribution is 2.40. The van der Waals surface area contributed by atoms with Gasteiger partial charge in [-0.25, -0.2) is 0 Å². The van der Waals surface area contributed by atoms with Crippen molar-refractivity contribution in [2.24, 2.45) is 17.6 Å². The third kappa shape index (κ3) is 4.00. The van der Waals surface area contributed by atoms with Gasteiger partial charge < -0.3 is 10.6 Å². The lowest BCUT2D eigenvalue weighted by Gasteiger charge is -2.33. The maximum atomic E-state index is 5.83. The monoisotopic (exact) mass is 288 g/mol. The number of nitrogens with zero attached hydrogens (tertiary/aromatic N) is 1. The molecule has 0 radical (unpaired) electrons. The van der Waals surface area contributed by atoms with Crippen LogP contribution < -0.4 is 10.6 Å².